The van der Waals surface area contributed by atoms with Crippen molar-refractivity contribution in [2.24, 2.45) is 0 Å². The first-order valence-electron chi connectivity index (χ1n) is 7.68. The maximum absolute atomic E-state index is 12.5. The van der Waals surface area contributed by atoms with Crippen molar-refractivity contribution in [2.45, 2.75) is 6.42 Å². The third-order valence-electron chi connectivity index (χ3n) is 3.77. The van der Waals surface area contributed by atoms with Gasteiger partial charge in [0.15, 0.2) is 12.4 Å². The van der Waals surface area contributed by atoms with E-state index in [0.29, 0.717) is 38.1 Å². The van der Waals surface area contributed by atoms with E-state index in [1.54, 1.807) is 18.4 Å². The third-order valence-corrected chi connectivity index (χ3v) is 5.37. The molecule has 1 aromatic rings. The van der Waals surface area contributed by atoms with Gasteiger partial charge in [-0.15, -0.1) is 0 Å². The molecule has 26 heavy (non-hydrogen) atoms. The Labute approximate surface area is 177 Å². The van der Waals surface area contributed by atoms with Crippen molar-refractivity contribution in [1.82, 2.24) is 0 Å². The van der Waals surface area contributed by atoms with Gasteiger partial charge >= 0.3 is 5.97 Å². The number of halogens is 2. The molecule has 1 aromatic carbocycles. The van der Waals surface area contributed by atoms with Crippen LogP contribution in [0.2, 0.25) is 0 Å². The first-order chi connectivity index (χ1) is 12.5. The number of aromatic carboxylic acids is 1. The van der Waals surface area contributed by atoms with Crippen LogP contribution in [0.4, 0.5) is 0 Å². The topological polar surface area (TPSA) is 82.1 Å². The number of carbonyl (C=O) groups is 2. The second-order valence-electron chi connectivity index (χ2n) is 5.55. The minimum atomic E-state index is -1.00. The predicted molar refractivity (Wildman–Crippen MR) is 110 cm³/mol. The molecule has 136 valence electrons. The van der Waals surface area contributed by atoms with E-state index in [2.05, 4.69) is 0 Å². The van der Waals surface area contributed by atoms with Crippen LogP contribution in [0.25, 0.3) is 0 Å². The van der Waals surface area contributed by atoms with Crippen molar-refractivity contribution >= 4 is 56.9 Å². The molecule has 0 aromatic heterocycles. The zero-order valence-electron chi connectivity index (χ0n) is 13.5. The van der Waals surface area contributed by atoms with Gasteiger partial charge in [-0.2, -0.15) is 0 Å². The number of hydrogen-bond acceptors (Lipinski definition) is 5. The van der Waals surface area contributed by atoms with Gasteiger partial charge in [-0.25, -0.2) is 4.79 Å². The van der Waals surface area contributed by atoms with Crippen LogP contribution >= 0.6 is 45.2 Å². The fourth-order valence-electron chi connectivity index (χ4n) is 2.48. The molecule has 0 fully saturated rings. The van der Waals surface area contributed by atoms with Gasteiger partial charge in [0.05, 0.1) is 19.0 Å². The van der Waals surface area contributed by atoms with Crippen LogP contribution in [0.15, 0.2) is 47.5 Å². The number of carboxylic acids is 1. The van der Waals surface area contributed by atoms with E-state index in [9.17, 15) is 9.59 Å². The Balaban J connectivity index is 1.70. The van der Waals surface area contributed by atoms with Crippen molar-refractivity contribution in [3.63, 3.8) is 0 Å². The average molecular weight is 580 g/mol. The molecule has 1 N–H and O–H groups in total. The van der Waals surface area contributed by atoms with Crippen LogP contribution in [-0.2, 0) is 14.3 Å². The molecule has 0 amide bonds. The smallest absolute Gasteiger partial charge is 0.335 e. The van der Waals surface area contributed by atoms with E-state index in [4.69, 9.17) is 19.3 Å². The number of carboxylic acid groups (broad SMARTS) is 1. The molecule has 0 radical (unpaired) electrons. The number of rotatable bonds is 5. The first kappa shape index (κ1) is 19.2. The molecule has 0 saturated carbocycles. The molecule has 0 bridgehead atoms. The molecule has 1 aliphatic carbocycles. The summed E-state index contributed by atoms with van der Waals surface area (Å²) in [6.07, 6.45) is 5.58. The number of Topliss-reactive ketones (excluding diaryl/α,β-unsaturated/α-hetero) is 1. The number of benzene rings is 1. The Morgan fingerprint density at radius 3 is 2.58 bits per heavy atom. The zero-order valence-corrected chi connectivity index (χ0v) is 17.8. The van der Waals surface area contributed by atoms with Gasteiger partial charge < -0.3 is 19.3 Å². The van der Waals surface area contributed by atoms with Crippen LogP contribution in [0.3, 0.4) is 0 Å². The molecule has 1 aliphatic heterocycles. The summed E-state index contributed by atoms with van der Waals surface area (Å²) >= 11 is 4.01. The summed E-state index contributed by atoms with van der Waals surface area (Å²) in [5.41, 5.74) is 1.63. The van der Waals surface area contributed by atoms with Crippen LogP contribution in [0.5, 0.6) is 5.75 Å². The molecule has 8 heteroatoms. The molecule has 1 heterocycles. The van der Waals surface area contributed by atoms with Crippen LogP contribution in [-0.4, -0.2) is 36.7 Å². The van der Waals surface area contributed by atoms with Crippen LogP contribution in [0.1, 0.15) is 16.8 Å². The van der Waals surface area contributed by atoms with Gasteiger partial charge in [0.25, 0.3) is 0 Å². The Kier molecular flexibility index (Phi) is 6.22. The van der Waals surface area contributed by atoms with E-state index in [1.165, 1.54) is 12.1 Å². The Hall–Kier alpha value is -1.56. The highest BCUT2D eigenvalue weighted by Crippen LogP contribution is 2.30. The lowest BCUT2D eigenvalue weighted by molar-refractivity contribution is -0.117. The Morgan fingerprint density at radius 1 is 1.15 bits per heavy atom. The number of ether oxygens (including phenoxy) is 3. The van der Waals surface area contributed by atoms with Gasteiger partial charge in [0, 0.05) is 17.6 Å². The average Bonchev–Trinajstić information content (AvgIpc) is 2.85. The fraction of sp³-hybridized carbons (Fsp3) is 0.222. The highest BCUT2D eigenvalue weighted by Gasteiger charge is 2.21. The largest absolute Gasteiger partial charge is 0.497 e. The standard InChI is InChI=1S/C18H14I2O6/c19-13-6-11(18(22)23)7-14(20)17(13)26-9-15(21)10-1-2-16-12(5-10)8-24-3-4-25-16/h1-2,6-8H,3-5,9H2,(H,22,23). The van der Waals surface area contributed by atoms with Crippen molar-refractivity contribution in [3.8, 4) is 5.75 Å². The molecule has 0 unspecified atom stereocenters. The van der Waals surface area contributed by atoms with Gasteiger partial charge in [-0.1, -0.05) is 6.08 Å². The van der Waals surface area contributed by atoms with Crippen molar-refractivity contribution < 1.29 is 28.9 Å². The lowest BCUT2D eigenvalue weighted by Crippen LogP contribution is -2.17. The number of ketones is 1. The highest BCUT2D eigenvalue weighted by molar-refractivity contribution is 14.1. The molecular formula is C18H14I2O6. The van der Waals surface area contributed by atoms with E-state index in [1.807, 2.05) is 45.2 Å². The predicted octanol–water partition coefficient (Wildman–Crippen LogP) is 3.69. The maximum Gasteiger partial charge on any atom is 0.335 e. The quantitative estimate of drug-likeness (QED) is 0.536. The number of hydrogen-bond donors (Lipinski definition) is 1. The van der Waals surface area contributed by atoms with Gasteiger partial charge in [0.1, 0.15) is 24.7 Å². The van der Waals surface area contributed by atoms with E-state index < -0.39 is 5.97 Å². The second-order valence-corrected chi connectivity index (χ2v) is 7.87. The lowest BCUT2D eigenvalue weighted by atomic mass is 9.96. The van der Waals surface area contributed by atoms with E-state index in [0.717, 1.165) is 11.3 Å². The first-order valence-corrected chi connectivity index (χ1v) is 9.84. The Bertz CT molecular complexity index is 830. The van der Waals surface area contributed by atoms with Gasteiger partial charge in [0.2, 0.25) is 0 Å². The summed E-state index contributed by atoms with van der Waals surface area (Å²) < 4.78 is 17.9. The van der Waals surface area contributed by atoms with Crippen LogP contribution < -0.4 is 4.74 Å². The monoisotopic (exact) mass is 580 g/mol. The molecule has 6 nitrogen and oxygen atoms in total. The summed E-state index contributed by atoms with van der Waals surface area (Å²) in [5.74, 6) is 0.102. The molecular weight excluding hydrogens is 566 g/mol. The normalized spacial score (nSPS) is 16.0. The van der Waals surface area contributed by atoms with Crippen molar-refractivity contribution in [3.05, 3.63) is 60.2 Å². The summed E-state index contributed by atoms with van der Waals surface area (Å²) in [4.78, 5) is 23.6. The summed E-state index contributed by atoms with van der Waals surface area (Å²) in [5, 5.41) is 9.09. The zero-order chi connectivity index (χ0) is 18.7. The highest BCUT2D eigenvalue weighted by atomic mass is 127. The molecule has 0 saturated heterocycles. The van der Waals surface area contributed by atoms with Gasteiger partial charge in [-0.05, 0) is 63.4 Å². The van der Waals surface area contributed by atoms with E-state index in [-0.39, 0.29) is 18.0 Å². The molecule has 0 atom stereocenters. The van der Waals surface area contributed by atoms with Crippen molar-refractivity contribution in [2.75, 3.05) is 19.8 Å². The van der Waals surface area contributed by atoms with Gasteiger partial charge in [-0.3, -0.25) is 4.79 Å². The maximum atomic E-state index is 12.5. The van der Waals surface area contributed by atoms with Crippen LogP contribution in [0, 0.1) is 7.14 Å². The minimum absolute atomic E-state index is 0.123. The third kappa shape index (κ3) is 4.40. The summed E-state index contributed by atoms with van der Waals surface area (Å²) in [7, 11) is 0. The van der Waals surface area contributed by atoms with E-state index >= 15 is 0 Å². The minimum Gasteiger partial charge on any atom is -0.497 e. The SMILES string of the molecule is O=C(COc1c(I)cc(C(=O)O)cc1I)C1=CC=C2OCCOC=C2C1. The second kappa shape index (κ2) is 8.42. The number of allylic oxidation sites excluding steroid dienone is 3. The number of carbonyl (C=O) groups excluding carboxylic acids is 1. The summed E-state index contributed by atoms with van der Waals surface area (Å²) in [6.45, 7) is 0.841. The van der Waals surface area contributed by atoms with Crippen molar-refractivity contribution in [1.29, 1.82) is 0 Å². The fourth-order valence-corrected chi connectivity index (χ4v) is 4.56. The lowest BCUT2D eigenvalue weighted by Gasteiger charge is -2.16. The molecule has 2 aliphatic rings. The summed E-state index contributed by atoms with van der Waals surface area (Å²) in [6, 6.07) is 3.04. The molecule has 3 rings (SSSR count). The Morgan fingerprint density at radius 2 is 1.88 bits per heavy atom. The molecule has 0 spiro atoms. The number of fused-ring (bicyclic) bond motifs is 1.